The lowest BCUT2D eigenvalue weighted by molar-refractivity contribution is -0.150. The van der Waals surface area contributed by atoms with E-state index in [0.29, 0.717) is 19.3 Å². The van der Waals surface area contributed by atoms with Crippen LogP contribution in [-0.4, -0.2) is 54.3 Å². The molecule has 4 rings (SSSR count). The number of aromatic nitrogens is 1. The van der Waals surface area contributed by atoms with Crippen LogP contribution in [0.1, 0.15) is 134 Å². The molecular weight excluding hydrogens is 554 g/mol. The zero-order valence-electron chi connectivity index (χ0n) is 26.8. The molecule has 7 atom stereocenters. The van der Waals surface area contributed by atoms with Gasteiger partial charge in [-0.15, -0.1) is 0 Å². The van der Waals surface area contributed by atoms with Crippen LogP contribution >= 0.6 is 0 Å². The number of carboxylic acid groups (broad SMARTS) is 1. The summed E-state index contributed by atoms with van der Waals surface area (Å²) in [5.41, 5.74) is 1.93. The predicted octanol–water partition coefficient (Wildman–Crippen LogP) is 7.93. The molecule has 2 aliphatic rings. The molecule has 1 heterocycles. The zero-order valence-corrected chi connectivity index (χ0v) is 26.8. The van der Waals surface area contributed by atoms with Crippen LogP contribution in [0.3, 0.4) is 0 Å². The van der Waals surface area contributed by atoms with E-state index in [-0.39, 0.29) is 36.0 Å². The SMILES string of the molecule is CCCCCCC[C@H](O)CCCCC[C@H]1CC[C@H](c2ccc(-c3cccc(O)c3)[nH]2)[C@@H]2CCC[C@@]2(O)CC[C@@H](O)[C@H]1C(=O)O. The van der Waals surface area contributed by atoms with Crippen molar-refractivity contribution in [3.8, 4) is 17.0 Å². The van der Waals surface area contributed by atoms with Crippen molar-refractivity contribution < 1.29 is 30.3 Å². The molecule has 1 aromatic carbocycles. The number of aliphatic hydroxyl groups is 3. The third-order valence-corrected chi connectivity index (χ3v) is 10.7. The maximum absolute atomic E-state index is 12.5. The molecule has 0 aliphatic heterocycles. The van der Waals surface area contributed by atoms with E-state index in [9.17, 15) is 30.3 Å². The molecule has 7 nitrogen and oxygen atoms in total. The molecule has 1 aromatic heterocycles. The number of aliphatic carboxylic acids is 1. The molecule has 7 heteroatoms. The minimum Gasteiger partial charge on any atom is -0.508 e. The number of rotatable bonds is 15. The normalized spacial score (nSPS) is 28.4. The maximum Gasteiger partial charge on any atom is 0.309 e. The largest absolute Gasteiger partial charge is 0.508 e. The van der Waals surface area contributed by atoms with Crippen LogP contribution in [0.2, 0.25) is 0 Å². The van der Waals surface area contributed by atoms with Crippen LogP contribution in [0.15, 0.2) is 36.4 Å². The molecule has 0 unspecified atom stereocenters. The first-order chi connectivity index (χ1) is 21.2. The van der Waals surface area contributed by atoms with Crippen LogP contribution in [0.4, 0.5) is 0 Å². The molecule has 2 aromatic rings. The molecule has 0 amide bonds. The van der Waals surface area contributed by atoms with Crippen molar-refractivity contribution in [2.75, 3.05) is 0 Å². The van der Waals surface area contributed by atoms with E-state index >= 15 is 0 Å². The van der Waals surface area contributed by atoms with Gasteiger partial charge in [0, 0.05) is 22.9 Å². The fourth-order valence-electron chi connectivity index (χ4n) is 8.26. The quantitative estimate of drug-likeness (QED) is 0.113. The first kappa shape index (κ1) is 34.5. The van der Waals surface area contributed by atoms with Crippen LogP contribution < -0.4 is 0 Å². The lowest BCUT2D eigenvalue weighted by Gasteiger charge is -2.39. The highest BCUT2D eigenvalue weighted by Gasteiger charge is 2.48. The number of carboxylic acids is 1. The molecule has 2 saturated carbocycles. The summed E-state index contributed by atoms with van der Waals surface area (Å²) < 4.78 is 0. The molecule has 246 valence electrons. The number of benzene rings is 1. The summed E-state index contributed by atoms with van der Waals surface area (Å²) in [6.07, 6.45) is 14.5. The number of aliphatic hydroxyl groups excluding tert-OH is 2. The number of fused-ring (bicyclic) bond motifs is 1. The second-order valence-corrected chi connectivity index (χ2v) is 13.9. The van der Waals surface area contributed by atoms with Gasteiger partial charge in [-0.2, -0.15) is 0 Å². The number of phenols is 1. The Bertz CT molecular complexity index is 1150. The lowest BCUT2D eigenvalue weighted by Crippen LogP contribution is -2.42. The van der Waals surface area contributed by atoms with E-state index < -0.39 is 23.6 Å². The molecule has 2 aliphatic carbocycles. The van der Waals surface area contributed by atoms with Gasteiger partial charge in [0.15, 0.2) is 0 Å². The molecule has 0 saturated heterocycles. The number of hydrogen-bond donors (Lipinski definition) is 6. The van der Waals surface area contributed by atoms with Gasteiger partial charge in [-0.3, -0.25) is 4.79 Å². The number of phenolic OH excluding ortho intramolecular Hbond substituents is 1. The average molecular weight is 612 g/mol. The summed E-state index contributed by atoms with van der Waals surface area (Å²) in [6.45, 7) is 2.21. The smallest absolute Gasteiger partial charge is 0.309 e. The highest BCUT2D eigenvalue weighted by atomic mass is 16.4. The number of carbonyl (C=O) groups is 1. The van der Waals surface area contributed by atoms with Crippen LogP contribution in [0, 0.1) is 17.8 Å². The standard InChI is InChI=1S/C37H57NO6/c1-2-3-4-5-8-14-28(39)15-9-6-7-12-26-18-19-30(33-21-20-32(38-33)27-13-10-16-29(40)25-27)31-17-11-23-37(31,44)24-22-34(41)35(26)36(42)43/h10,13,16,20-21,25-26,28,30-31,34-35,38-41,44H,2-9,11-12,14-15,17-19,22-24H2,1H3,(H,42,43)/t26-,28-,30-,31-,34+,35-,37+/m0/s1. The monoisotopic (exact) mass is 611 g/mol. The van der Waals surface area contributed by atoms with Gasteiger partial charge in [-0.25, -0.2) is 0 Å². The predicted molar refractivity (Wildman–Crippen MR) is 174 cm³/mol. The first-order valence-corrected chi connectivity index (χ1v) is 17.5. The van der Waals surface area contributed by atoms with Crippen LogP contribution in [-0.2, 0) is 4.79 Å². The average Bonchev–Trinajstić information content (AvgIpc) is 3.63. The van der Waals surface area contributed by atoms with Gasteiger partial charge in [0.25, 0.3) is 0 Å². The molecule has 6 N–H and O–H groups in total. The van der Waals surface area contributed by atoms with Gasteiger partial charge in [0.05, 0.1) is 23.7 Å². The Labute approximate surface area is 264 Å². The summed E-state index contributed by atoms with van der Waals surface area (Å²) in [6, 6.07) is 11.3. The Morgan fingerprint density at radius 3 is 2.43 bits per heavy atom. The van der Waals surface area contributed by atoms with Crippen molar-refractivity contribution in [1.82, 2.24) is 4.98 Å². The molecular formula is C37H57NO6. The molecule has 2 fully saturated rings. The minimum absolute atomic E-state index is 0.0378. The summed E-state index contributed by atoms with van der Waals surface area (Å²) in [5.74, 6) is -1.65. The number of unbranched alkanes of at least 4 members (excludes halogenated alkanes) is 6. The number of nitrogens with one attached hydrogen (secondary N) is 1. The van der Waals surface area contributed by atoms with Crippen molar-refractivity contribution in [2.45, 2.75) is 146 Å². The summed E-state index contributed by atoms with van der Waals surface area (Å²) in [4.78, 5) is 16.1. The Kier molecular flexibility index (Phi) is 13.2. The Balaban J connectivity index is 1.43. The van der Waals surface area contributed by atoms with Crippen molar-refractivity contribution in [2.24, 2.45) is 17.8 Å². The van der Waals surface area contributed by atoms with Gasteiger partial charge in [-0.05, 0) is 93.9 Å². The zero-order chi connectivity index (χ0) is 31.5. The van der Waals surface area contributed by atoms with Gasteiger partial charge in [0.1, 0.15) is 5.75 Å². The molecule has 44 heavy (non-hydrogen) atoms. The number of aromatic amines is 1. The molecule has 0 bridgehead atoms. The van der Waals surface area contributed by atoms with E-state index in [4.69, 9.17) is 0 Å². The fraction of sp³-hybridized carbons (Fsp3) is 0.703. The first-order valence-electron chi connectivity index (χ1n) is 17.5. The molecule has 0 spiro atoms. The number of H-pyrrole nitrogens is 1. The van der Waals surface area contributed by atoms with Crippen molar-refractivity contribution in [3.63, 3.8) is 0 Å². The minimum atomic E-state index is -0.975. The third-order valence-electron chi connectivity index (χ3n) is 10.7. The van der Waals surface area contributed by atoms with E-state index in [2.05, 4.69) is 18.0 Å². The summed E-state index contributed by atoms with van der Waals surface area (Å²) >= 11 is 0. The van der Waals surface area contributed by atoms with E-state index in [1.807, 2.05) is 18.2 Å². The van der Waals surface area contributed by atoms with Gasteiger partial charge in [0.2, 0.25) is 0 Å². The van der Waals surface area contributed by atoms with E-state index in [0.717, 1.165) is 81.2 Å². The van der Waals surface area contributed by atoms with Gasteiger partial charge >= 0.3 is 5.97 Å². The highest BCUT2D eigenvalue weighted by molar-refractivity contribution is 5.71. The van der Waals surface area contributed by atoms with Crippen molar-refractivity contribution in [1.29, 1.82) is 0 Å². The van der Waals surface area contributed by atoms with Crippen molar-refractivity contribution in [3.05, 3.63) is 42.1 Å². The van der Waals surface area contributed by atoms with Crippen molar-refractivity contribution >= 4 is 5.97 Å². The maximum atomic E-state index is 12.5. The highest BCUT2D eigenvalue weighted by Crippen LogP contribution is 2.50. The fourth-order valence-corrected chi connectivity index (χ4v) is 8.26. The summed E-state index contributed by atoms with van der Waals surface area (Å²) in [5, 5.41) is 53.7. The second kappa shape index (κ2) is 16.8. The van der Waals surface area contributed by atoms with Gasteiger partial charge < -0.3 is 30.5 Å². The van der Waals surface area contributed by atoms with Crippen LogP contribution in [0.5, 0.6) is 5.75 Å². The topological polar surface area (TPSA) is 134 Å². The van der Waals surface area contributed by atoms with Crippen LogP contribution in [0.25, 0.3) is 11.3 Å². The number of hydrogen-bond acceptors (Lipinski definition) is 5. The van der Waals surface area contributed by atoms with E-state index in [1.54, 1.807) is 12.1 Å². The Hall–Kier alpha value is -2.35. The van der Waals surface area contributed by atoms with E-state index in [1.165, 1.54) is 25.7 Å². The molecule has 0 radical (unpaired) electrons. The Morgan fingerprint density at radius 1 is 0.955 bits per heavy atom. The Morgan fingerprint density at radius 2 is 1.70 bits per heavy atom. The van der Waals surface area contributed by atoms with Gasteiger partial charge in [-0.1, -0.05) is 76.8 Å². The third kappa shape index (κ3) is 9.34. The summed E-state index contributed by atoms with van der Waals surface area (Å²) in [7, 11) is 0. The number of aromatic hydroxyl groups is 1. The second-order valence-electron chi connectivity index (χ2n) is 13.9. The lowest BCUT2D eigenvalue weighted by atomic mass is 9.69.